The Morgan fingerprint density at radius 2 is 1.92 bits per heavy atom. The molecule has 4 nitrogen and oxygen atoms in total. The van der Waals surface area contributed by atoms with E-state index in [1.54, 1.807) is 12.1 Å². The molecule has 0 spiro atoms. The molecule has 0 amide bonds. The molecule has 0 saturated heterocycles. The van der Waals surface area contributed by atoms with E-state index in [1.807, 2.05) is 0 Å². The van der Waals surface area contributed by atoms with Crippen molar-refractivity contribution in [2.24, 2.45) is 0 Å². The Kier molecular flexibility index (Phi) is 2.49. The van der Waals surface area contributed by atoms with Gasteiger partial charge < -0.3 is 0 Å². The van der Waals surface area contributed by atoms with Crippen molar-refractivity contribution >= 4 is 25.2 Å². The molecule has 0 fully saturated rings. The number of halogens is 1. The second-order valence-corrected chi connectivity index (χ2v) is 6.40. The van der Waals surface area contributed by atoms with Gasteiger partial charge in [0.2, 0.25) is 0 Å². The van der Waals surface area contributed by atoms with Crippen molar-refractivity contribution in [1.29, 1.82) is 0 Å². The molecule has 1 aromatic rings. The Hall–Kier alpha value is -0.820. The number of carbonyl (C=O) groups excluding carboxylic acids is 1. The molecule has 0 aromatic heterocycles. The number of hydrogen-bond donors (Lipinski definition) is 1. The molecule has 1 aliphatic rings. The summed E-state index contributed by atoms with van der Waals surface area (Å²) >= 11 is -4.54. The van der Waals surface area contributed by atoms with Crippen molar-refractivity contribution in [3.05, 3.63) is 33.4 Å². The summed E-state index contributed by atoms with van der Waals surface area (Å²) in [6.07, 6.45) is 0. The van der Waals surface area contributed by atoms with E-state index in [-0.39, 0.29) is 16.6 Å². The summed E-state index contributed by atoms with van der Waals surface area (Å²) in [7, 11) is 0. The van der Waals surface area contributed by atoms with Gasteiger partial charge >= 0.3 is 73.0 Å². The first-order valence-corrected chi connectivity index (χ1v) is 6.96. The fourth-order valence-corrected chi connectivity index (χ4v) is 3.83. The average molecular weight is 296 g/mol. The van der Waals surface area contributed by atoms with Crippen LogP contribution in [0.5, 0.6) is 0 Å². The third-order valence-corrected chi connectivity index (χ3v) is 4.93. The molecule has 0 aliphatic carbocycles. The van der Waals surface area contributed by atoms with E-state index in [4.69, 9.17) is 0 Å². The molecule has 13 heavy (non-hydrogen) atoms. The fourth-order valence-electron chi connectivity index (χ4n) is 1.01. The Morgan fingerprint density at radius 1 is 1.31 bits per heavy atom. The van der Waals surface area contributed by atoms with Crippen molar-refractivity contribution in [1.82, 2.24) is 0 Å². The Labute approximate surface area is 80.5 Å². The molecule has 0 bridgehead atoms. The molecule has 72 valence electrons. The minimum atomic E-state index is -4.54. The zero-order chi connectivity index (χ0) is 8.77. The molecule has 1 heterocycles. The molecule has 1 unspecified atom stereocenters. The molecule has 1 aromatic carbocycles. The number of fused-ring (bicyclic) bond motifs is 1. The van der Waals surface area contributed by atoms with Crippen molar-refractivity contribution < 1.29 is 14.4 Å². The van der Waals surface area contributed by atoms with Crippen LogP contribution in [0.25, 0.3) is 0 Å². The van der Waals surface area contributed by atoms with Gasteiger partial charge in [-0.15, -0.1) is 0 Å². The summed E-state index contributed by atoms with van der Waals surface area (Å²) in [6, 6.07) is 6.16. The van der Waals surface area contributed by atoms with Crippen LogP contribution in [0.4, 0.5) is 0 Å². The number of rotatable bonds is 0. The summed E-state index contributed by atoms with van der Waals surface area (Å²) in [5, 5.41) is 0. The van der Waals surface area contributed by atoms with Gasteiger partial charge in [0.05, 0.1) is 0 Å². The van der Waals surface area contributed by atoms with E-state index < -0.39 is 25.2 Å². The third kappa shape index (κ3) is 1.49. The van der Waals surface area contributed by atoms with E-state index in [2.05, 4.69) is 3.07 Å². The van der Waals surface area contributed by atoms with Gasteiger partial charge in [0, 0.05) is 0 Å². The van der Waals surface area contributed by atoms with Crippen LogP contribution in [0.15, 0.2) is 24.3 Å². The molecular weight excluding hydrogens is 287 g/mol. The molecule has 1 aliphatic heterocycles. The zero-order valence-corrected chi connectivity index (χ0v) is 8.02. The first kappa shape index (κ1) is 10.3. The van der Waals surface area contributed by atoms with Gasteiger partial charge in [0.15, 0.2) is 0 Å². The minimum absolute atomic E-state index is 0. The van der Waals surface area contributed by atoms with E-state index in [0.717, 1.165) is 0 Å². The monoisotopic (exact) mass is 296 g/mol. The van der Waals surface area contributed by atoms with Gasteiger partial charge in [-0.2, -0.15) is 0 Å². The third-order valence-electron chi connectivity index (χ3n) is 1.53. The molecule has 5 heteroatoms. The van der Waals surface area contributed by atoms with E-state index >= 15 is 0 Å². The quantitative estimate of drug-likeness (QED) is 0.742. The van der Waals surface area contributed by atoms with Crippen LogP contribution < -0.4 is 0 Å². The fraction of sp³-hybridized carbons (Fsp3) is 0.125. The van der Waals surface area contributed by atoms with Crippen LogP contribution in [0, 0.1) is 3.57 Å². The Morgan fingerprint density at radius 3 is 2.54 bits per heavy atom. The number of benzene rings is 1. The normalized spacial score (nSPS) is 29.5. The van der Waals surface area contributed by atoms with Gasteiger partial charge in [-0.25, -0.2) is 0 Å². The van der Waals surface area contributed by atoms with Crippen LogP contribution in [0.1, 0.15) is 17.8 Å². The molecule has 0 saturated carbocycles. The summed E-state index contributed by atoms with van der Waals surface area (Å²) in [5.74, 6) is -0.695. The van der Waals surface area contributed by atoms with Gasteiger partial charge in [-0.05, 0) is 0 Å². The second kappa shape index (κ2) is 3.15. The Balaban J connectivity index is 0.000000845. The standard InChI is InChI=1S/C7H5IO4.CH4/c9-7-5-3-1-2-4-6(5)8(10,11)12-7;/h1-4H,(H,10,11);1H4. The van der Waals surface area contributed by atoms with Gasteiger partial charge in [0.25, 0.3) is 0 Å². The maximum atomic E-state index is 11.2. The van der Waals surface area contributed by atoms with E-state index in [9.17, 15) is 11.3 Å². The first-order valence-electron chi connectivity index (χ1n) is 3.15. The summed E-state index contributed by atoms with van der Waals surface area (Å²) in [5.41, 5.74) is 0.214. The Bertz CT molecular complexity index is 399. The molecule has 0 radical (unpaired) electrons. The van der Waals surface area contributed by atoms with Crippen LogP contribution in [-0.4, -0.2) is 9.41 Å². The van der Waals surface area contributed by atoms with E-state index in [1.165, 1.54) is 12.1 Å². The summed E-state index contributed by atoms with van der Waals surface area (Å²) in [4.78, 5) is 10.9. The van der Waals surface area contributed by atoms with E-state index in [0.29, 0.717) is 0 Å². The first-order chi connectivity index (χ1) is 5.61. The van der Waals surface area contributed by atoms with Crippen LogP contribution in [0.3, 0.4) is 0 Å². The summed E-state index contributed by atoms with van der Waals surface area (Å²) < 4.78 is 24.9. The molecule has 1 atom stereocenters. The summed E-state index contributed by atoms with van der Waals surface area (Å²) in [6.45, 7) is 0. The predicted octanol–water partition coefficient (Wildman–Crippen LogP) is 1.87. The van der Waals surface area contributed by atoms with Crippen LogP contribution in [-0.2, 0) is 6.14 Å². The number of carbonyl (C=O) groups is 1. The van der Waals surface area contributed by atoms with Crippen molar-refractivity contribution in [3.63, 3.8) is 0 Å². The van der Waals surface area contributed by atoms with Crippen LogP contribution >= 0.6 is 19.3 Å². The predicted molar refractivity (Wildman–Crippen MR) is 54.2 cm³/mol. The van der Waals surface area contributed by atoms with Gasteiger partial charge in [-0.1, -0.05) is 7.43 Å². The van der Waals surface area contributed by atoms with Crippen molar-refractivity contribution in [3.8, 4) is 0 Å². The maximum absolute atomic E-state index is 11.2. The molecular formula is C8H9IO4. The molecule has 1 N–H and O–H groups in total. The second-order valence-electron chi connectivity index (χ2n) is 2.28. The number of hydrogen-bond acceptors (Lipinski definition) is 3. The molecule has 2 rings (SSSR count). The topological polar surface area (TPSA) is 63.6 Å². The average Bonchev–Trinajstić information content (AvgIpc) is 2.25. The zero-order valence-electron chi connectivity index (χ0n) is 5.86. The van der Waals surface area contributed by atoms with Crippen molar-refractivity contribution in [2.75, 3.05) is 0 Å². The SMILES string of the molecule is C.O=C1OI(=O)(O)c2ccccc21. The van der Waals surface area contributed by atoms with Crippen molar-refractivity contribution in [2.45, 2.75) is 7.43 Å². The van der Waals surface area contributed by atoms with Crippen LogP contribution in [0.2, 0.25) is 0 Å². The van der Waals surface area contributed by atoms with Gasteiger partial charge in [0.1, 0.15) is 0 Å². The van der Waals surface area contributed by atoms with Gasteiger partial charge in [-0.3, -0.25) is 0 Å².